The number of hydrogen-bond donors (Lipinski definition) is 3. The maximum absolute atomic E-state index is 13.4. The Morgan fingerprint density at radius 1 is 1.30 bits per heavy atom. The lowest BCUT2D eigenvalue weighted by molar-refractivity contribution is -0.119. The summed E-state index contributed by atoms with van der Waals surface area (Å²) in [4.78, 5) is 22.1. The normalized spacial score (nSPS) is 15.3. The summed E-state index contributed by atoms with van der Waals surface area (Å²) in [6, 6.07) is 11.7. The lowest BCUT2D eigenvalue weighted by Crippen LogP contribution is -2.48. The molecule has 11 heteroatoms. The Kier molecular flexibility index (Phi) is 5.79. The van der Waals surface area contributed by atoms with Crippen molar-refractivity contribution in [3.63, 3.8) is 0 Å². The highest BCUT2D eigenvalue weighted by atomic mass is 32.2. The molecule has 1 atom stereocenters. The van der Waals surface area contributed by atoms with Crippen LogP contribution in [0.4, 0.5) is 16.2 Å². The van der Waals surface area contributed by atoms with Crippen LogP contribution in [-0.4, -0.2) is 44.7 Å². The summed E-state index contributed by atoms with van der Waals surface area (Å²) in [5.74, 6) is -0.0749. The monoisotopic (exact) mass is 430 g/mol. The van der Waals surface area contributed by atoms with Gasteiger partial charge in [-0.15, -0.1) is 0 Å². The topological polar surface area (TPSA) is 149 Å². The lowest BCUT2D eigenvalue weighted by Gasteiger charge is -2.35. The molecular formula is C19H18N4O6S. The van der Waals surface area contributed by atoms with E-state index in [1.54, 1.807) is 0 Å². The Morgan fingerprint density at radius 3 is 2.73 bits per heavy atom. The van der Waals surface area contributed by atoms with Gasteiger partial charge in [-0.1, -0.05) is 6.07 Å². The van der Waals surface area contributed by atoms with Crippen LogP contribution in [0.2, 0.25) is 0 Å². The van der Waals surface area contributed by atoms with E-state index in [9.17, 15) is 18.0 Å². The zero-order valence-electron chi connectivity index (χ0n) is 15.8. The Balaban J connectivity index is 2.06. The van der Waals surface area contributed by atoms with Gasteiger partial charge in [-0.3, -0.25) is 14.4 Å². The molecule has 0 spiro atoms. The van der Waals surface area contributed by atoms with Gasteiger partial charge in [0.15, 0.2) is 0 Å². The highest BCUT2D eigenvalue weighted by Crippen LogP contribution is 2.39. The van der Waals surface area contributed by atoms with Crippen LogP contribution < -0.4 is 19.7 Å². The molecule has 30 heavy (non-hydrogen) atoms. The highest BCUT2D eigenvalue weighted by Gasteiger charge is 2.35. The number of ether oxygens (including phenoxy) is 1. The summed E-state index contributed by atoms with van der Waals surface area (Å²) >= 11 is 0. The number of carbonyl (C=O) groups excluding carboxylic acids is 1. The Hall–Kier alpha value is -3.78. The molecule has 0 saturated carbocycles. The molecular weight excluding hydrogens is 412 g/mol. The first-order valence-corrected chi connectivity index (χ1v) is 10.2. The molecule has 0 bridgehead atoms. The van der Waals surface area contributed by atoms with Gasteiger partial charge in [0.05, 0.1) is 35.3 Å². The second-order valence-electron chi connectivity index (χ2n) is 6.47. The van der Waals surface area contributed by atoms with Crippen LogP contribution in [0, 0.1) is 11.3 Å². The van der Waals surface area contributed by atoms with E-state index in [4.69, 9.17) is 15.1 Å². The number of anilines is 2. The molecule has 2 aromatic rings. The van der Waals surface area contributed by atoms with Crippen LogP contribution in [0.1, 0.15) is 12.5 Å². The van der Waals surface area contributed by atoms with E-state index in [1.165, 1.54) is 49.4 Å². The zero-order valence-corrected chi connectivity index (χ0v) is 16.6. The van der Waals surface area contributed by atoms with Gasteiger partial charge in [-0.05, 0) is 36.4 Å². The maximum atomic E-state index is 13.4. The average molecular weight is 430 g/mol. The number of benzene rings is 2. The minimum Gasteiger partial charge on any atom is -0.484 e. The van der Waals surface area contributed by atoms with Gasteiger partial charge in [0.1, 0.15) is 11.9 Å². The summed E-state index contributed by atoms with van der Waals surface area (Å²) in [7, 11) is -4.11. The standard InChI is InChI=1S/C19H18N4O6S/c1-12(24)21-10-15-11-23(30(27,28)16-4-2-3-13(7-16)9-20)17-8-14(22-19(25)26)5-6-18(17)29-15/h2-8,15,22H,10-11H2,1H3,(H,21,24)(H,25,26). The number of nitrogens with zero attached hydrogens (tertiary/aromatic N) is 2. The first-order valence-electron chi connectivity index (χ1n) is 8.78. The fourth-order valence-corrected chi connectivity index (χ4v) is 4.50. The number of nitriles is 1. The van der Waals surface area contributed by atoms with E-state index in [-0.39, 0.29) is 46.6 Å². The van der Waals surface area contributed by atoms with Gasteiger partial charge < -0.3 is 15.2 Å². The van der Waals surface area contributed by atoms with Crippen molar-refractivity contribution in [2.24, 2.45) is 0 Å². The first-order chi connectivity index (χ1) is 14.2. The zero-order chi connectivity index (χ0) is 21.9. The summed E-state index contributed by atoms with van der Waals surface area (Å²) in [5.41, 5.74) is 0.486. The second kappa shape index (κ2) is 8.30. The number of sulfonamides is 1. The minimum absolute atomic E-state index is 0.0775. The summed E-state index contributed by atoms with van der Waals surface area (Å²) < 4.78 is 33.6. The molecule has 1 unspecified atom stereocenters. The van der Waals surface area contributed by atoms with Crippen molar-refractivity contribution in [2.75, 3.05) is 22.7 Å². The van der Waals surface area contributed by atoms with Crippen molar-refractivity contribution in [1.82, 2.24) is 5.32 Å². The van der Waals surface area contributed by atoms with Gasteiger partial charge in [0.25, 0.3) is 10.0 Å². The fourth-order valence-electron chi connectivity index (χ4n) is 2.96. The van der Waals surface area contributed by atoms with Gasteiger partial charge in [0.2, 0.25) is 5.91 Å². The van der Waals surface area contributed by atoms with Crippen LogP contribution in [-0.2, 0) is 14.8 Å². The van der Waals surface area contributed by atoms with Crippen molar-refractivity contribution in [3.05, 3.63) is 48.0 Å². The summed E-state index contributed by atoms with van der Waals surface area (Å²) in [6.07, 6.45) is -1.97. The van der Waals surface area contributed by atoms with E-state index < -0.39 is 22.2 Å². The highest BCUT2D eigenvalue weighted by molar-refractivity contribution is 7.92. The SMILES string of the molecule is CC(=O)NCC1CN(S(=O)(=O)c2cccc(C#N)c2)c2cc(NC(=O)O)ccc2O1. The molecule has 2 aromatic carbocycles. The summed E-state index contributed by atoms with van der Waals surface area (Å²) in [6.45, 7) is 1.29. The van der Waals surface area contributed by atoms with E-state index in [0.29, 0.717) is 0 Å². The molecule has 0 aliphatic carbocycles. The molecule has 1 aliphatic heterocycles. The third-order valence-electron chi connectivity index (χ3n) is 4.27. The number of amides is 2. The molecule has 2 amide bonds. The van der Waals surface area contributed by atoms with Crippen molar-refractivity contribution >= 4 is 33.4 Å². The van der Waals surface area contributed by atoms with Crippen molar-refractivity contribution in [1.29, 1.82) is 5.26 Å². The van der Waals surface area contributed by atoms with E-state index in [1.807, 2.05) is 6.07 Å². The average Bonchev–Trinajstić information content (AvgIpc) is 2.71. The number of nitrogens with one attached hydrogen (secondary N) is 2. The molecule has 156 valence electrons. The molecule has 1 aliphatic rings. The summed E-state index contributed by atoms with van der Waals surface area (Å²) in [5, 5.41) is 22.8. The molecule has 0 aromatic heterocycles. The van der Waals surface area contributed by atoms with E-state index in [2.05, 4.69) is 10.6 Å². The molecule has 0 fully saturated rings. The van der Waals surface area contributed by atoms with Gasteiger partial charge >= 0.3 is 6.09 Å². The predicted octanol–water partition coefficient (Wildman–Crippen LogP) is 1.74. The van der Waals surface area contributed by atoms with Crippen LogP contribution >= 0.6 is 0 Å². The third-order valence-corrected chi connectivity index (χ3v) is 6.05. The number of carbonyl (C=O) groups is 2. The van der Waals surface area contributed by atoms with E-state index in [0.717, 1.165) is 4.31 Å². The maximum Gasteiger partial charge on any atom is 0.409 e. The minimum atomic E-state index is -4.11. The Bertz CT molecular complexity index is 1140. The molecule has 3 rings (SSSR count). The molecule has 10 nitrogen and oxygen atoms in total. The Labute approximate surface area is 172 Å². The number of fused-ring (bicyclic) bond motifs is 1. The molecule has 1 heterocycles. The van der Waals surface area contributed by atoms with E-state index >= 15 is 0 Å². The third kappa shape index (κ3) is 4.44. The second-order valence-corrected chi connectivity index (χ2v) is 8.33. The Morgan fingerprint density at radius 2 is 2.07 bits per heavy atom. The van der Waals surface area contributed by atoms with Crippen LogP contribution in [0.25, 0.3) is 0 Å². The number of hydrogen-bond acceptors (Lipinski definition) is 6. The molecule has 0 saturated heterocycles. The quantitative estimate of drug-likeness (QED) is 0.654. The molecule has 3 N–H and O–H groups in total. The lowest BCUT2D eigenvalue weighted by atomic mass is 10.2. The van der Waals surface area contributed by atoms with Crippen molar-refractivity contribution in [3.8, 4) is 11.8 Å². The van der Waals surface area contributed by atoms with Crippen LogP contribution in [0.5, 0.6) is 5.75 Å². The van der Waals surface area contributed by atoms with Crippen molar-refractivity contribution < 1.29 is 27.9 Å². The van der Waals surface area contributed by atoms with Gasteiger partial charge in [-0.2, -0.15) is 5.26 Å². The first kappa shape index (κ1) is 20.9. The van der Waals surface area contributed by atoms with Crippen LogP contribution in [0.3, 0.4) is 0 Å². The predicted molar refractivity (Wildman–Crippen MR) is 107 cm³/mol. The molecule has 0 radical (unpaired) electrons. The largest absolute Gasteiger partial charge is 0.484 e. The number of carboxylic acid groups (broad SMARTS) is 1. The van der Waals surface area contributed by atoms with Gasteiger partial charge in [-0.25, -0.2) is 13.2 Å². The number of rotatable bonds is 5. The van der Waals surface area contributed by atoms with Crippen molar-refractivity contribution in [2.45, 2.75) is 17.9 Å². The fraction of sp³-hybridized carbons (Fsp3) is 0.211. The van der Waals surface area contributed by atoms with Crippen LogP contribution in [0.15, 0.2) is 47.4 Å². The van der Waals surface area contributed by atoms with Gasteiger partial charge in [0, 0.05) is 12.6 Å². The smallest absolute Gasteiger partial charge is 0.409 e.